The molecular formula is C16H17BrClNO. The first-order chi connectivity index (χ1) is 9.60. The maximum absolute atomic E-state index is 6.28. The summed E-state index contributed by atoms with van der Waals surface area (Å²) in [6, 6.07) is 13.5. The van der Waals surface area contributed by atoms with Crippen LogP contribution in [0.3, 0.4) is 0 Å². The fraction of sp³-hybridized carbons (Fsp3) is 0.250. The van der Waals surface area contributed by atoms with Gasteiger partial charge < -0.3 is 10.5 Å². The minimum atomic E-state index is 0.0853. The molecule has 0 fully saturated rings. The van der Waals surface area contributed by atoms with Crippen molar-refractivity contribution < 1.29 is 4.74 Å². The molecule has 0 aliphatic carbocycles. The van der Waals surface area contributed by atoms with Crippen LogP contribution in [0.4, 0.5) is 0 Å². The van der Waals surface area contributed by atoms with Crippen molar-refractivity contribution in [3.8, 4) is 11.5 Å². The zero-order chi connectivity index (χ0) is 14.5. The number of rotatable bonds is 5. The van der Waals surface area contributed by atoms with Gasteiger partial charge >= 0.3 is 0 Å². The normalized spacial score (nSPS) is 12.2. The van der Waals surface area contributed by atoms with Crippen molar-refractivity contribution in [1.82, 2.24) is 0 Å². The summed E-state index contributed by atoms with van der Waals surface area (Å²) in [7, 11) is 0. The fourth-order valence-electron chi connectivity index (χ4n) is 1.87. The van der Waals surface area contributed by atoms with Crippen molar-refractivity contribution in [2.45, 2.75) is 25.8 Å². The summed E-state index contributed by atoms with van der Waals surface area (Å²) in [4.78, 5) is 0. The molecule has 0 heterocycles. The maximum Gasteiger partial charge on any atom is 0.132 e. The molecular weight excluding hydrogens is 338 g/mol. The maximum atomic E-state index is 6.28. The number of nitrogens with two attached hydrogens (primary N) is 1. The van der Waals surface area contributed by atoms with Gasteiger partial charge in [-0.1, -0.05) is 40.5 Å². The van der Waals surface area contributed by atoms with Gasteiger partial charge in [-0.15, -0.1) is 0 Å². The second-order valence-electron chi connectivity index (χ2n) is 4.64. The van der Waals surface area contributed by atoms with E-state index in [2.05, 4.69) is 22.9 Å². The molecule has 20 heavy (non-hydrogen) atoms. The Kier molecular flexibility index (Phi) is 5.46. The lowest BCUT2D eigenvalue weighted by Gasteiger charge is -2.15. The van der Waals surface area contributed by atoms with Gasteiger partial charge in [0.1, 0.15) is 11.5 Å². The molecule has 0 aliphatic rings. The smallest absolute Gasteiger partial charge is 0.132 e. The summed E-state index contributed by atoms with van der Waals surface area (Å²) in [5.74, 6) is 1.55. The molecule has 0 saturated carbocycles. The van der Waals surface area contributed by atoms with Crippen LogP contribution in [-0.4, -0.2) is 6.04 Å². The Balaban J connectivity index is 2.26. The second kappa shape index (κ2) is 7.11. The van der Waals surface area contributed by atoms with E-state index >= 15 is 0 Å². The van der Waals surface area contributed by atoms with Gasteiger partial charge in [-0.3, -0.25) is 0 Å². The third-order valence-corrected chi connectivity index (χ3v) is 3.99. The first kappa shape index (κ1) is 15.4. The van der Waals surface area contributed by atoms with Crippen LogP contribution in [0.1, 0.15) is 18.9 Å². The van der Waals surface area contributed by atoms with Crippen molar-refractivity contribution >= 4 is 27.5 Å². The van der Waals surface area contributed by atoms with E-state index in [1.165, 1.54) is 0 Å². The van der Waals surface area contributed by atoms with E-state index in [-0.39, 0.29) is 6.04 Å². The lowest BCUT2D eigenvalue weighted by atomic mass is 10.0. The summed E-state index contributed by atoms with van der Waals surface area (Å²) in [5, 5.41) is 0.698. The molecule has 0 aliphatic heterocycles. The van der Waals surface area contributed by atoms with E-state index < -0.39 is 0 Å². The van der Waals surface area contributed by atoms with Crippen LogP contribution in [0.5, 0.6) is 11.5 Å². The summed E-state index contributed by atoms with van der Waals surface area (Å²) in [6.07, 6.45) is 1.62. The Morgan fingerprint density at radius 3 is 2.55 bits per heavy atom. The second-order valence-corrected chi connectivity index (χ2v) is 5.97. The average Bonchev–Trinajstić information content (AvgIpc) is 2.45. The first-order valence-electron chi connectivity index (χ1n) is 6.56. The largest absolute Gasteiger partial charge is 0.457 e. The van der Waals surface area contributed by atoms with Crippen molar-refractivity contribution in [2.24, 2.45) is 5.73 Å². The van der Waals surface area contributed by atoms with Gasteiger partial charge in [0.15, 0.2) is 0 Å². The Morgan fingerprint density at radius 2 is 1.90 bits per heavy atom. The third kappa shape index (κ3) is 3.98. The Labute approximate surface area is 133 Å². The molecule has 1 unspecified atom stereocenters. The van der Waals surface area contributed by atoms with Gasteiger partial charge in [0, 0.05) is 21.1 Å². The molecule has 0 bridgehead atoms. The molecule has 0 radical (unpaired) electrons. The molecule has 2 N–H and O–H groups in total. The molecule has 2 nitrogen and oxygen atoms in total. The van der Waals surface area contributed by atoms with Gasteiger partial charge in [-0.05, 0) is 49.2 Å². The first-order valence-corrected chi connectivity index (χ1v) is 7.73. The highest BCUT2D eigenvalue weighted by Crippen LogP contribution is 2.32. The van der Waals surface area contributed by atoms with E-state index in [1.54, 1.807) is 0 Å². The van der Waals surface area contributed by atoms with E-state index in [0.717, 1.165) is 28.0 Å². The van der Waals surface area contributed by atoms with Crippen molar-refractivity contribution in [2.75, 3.05) is 0 Å². The molecule has 2 aromatic rings. The van der Waals surface area contributed by atoms with Crippen LogP contribution in [0, 0.1) is 0 Å². The number of benzene rings is 2. The van der Waals surface area contributed by atoms with E-state index in [4.69, 9.17) is 22.1 Å². The van der Waals surface area contributed by atoms with Gasteiger partial charge in [-0.2, -0.15) is 0 Å². The van der Waals surface area contributed by atoms with Crippen LogP contribution in [0.25, 0.3) is 0 Å². The lowest BCUT2D eigenvalue weighted by molar-refractivity contribution is 0.472. The van der Waals surface area contributed by atoms with Crippen molar-refractivity contribution in [3.63, 3.8) is 0 Å². The molecule has 106 valence electrons. The van der Waals surface area contributed by atoms with E-state index in [1.807, 2.05) is 42.5 Å². The summed E-state index contributed by atoms with van der Waals surface area (Å²) in [5.41, 5.74) is 7.00. The molecule has 2 aromatic carbocycles. The molecule has 0 saturated heterocycles. The van der Waals surface area contributed by atoms with Gasteiger partial charge in [0.2, 0.25) is 0 Å². The zero-order valence-corrected chi connectivity index (χ0v) is 13.6. The predicted octanol–water partition coefficient (Wildman–Crippen LogP) is 5.17. The monoisotopic (exact) mass is 353 g/mol. The fourth-order valence-corrected chi connectivity index (χ4v) is 2.38. The highest BCUT2D eigenvalue weighted by molar-refractivity contribution is 9.10. The van der Waals surface area contributed by atoms with Crippen LogP contribution >= 0.6 is 27.5 Å². The standard InChI is InChI=1S/C16H17BrClNO/c1-2-12(19)10-14-15(18)4-3-5-16(14)20-13-8-6-11(17)7-9-13/h3-9,12H,2,10,19H2,1H3. The summed E-state index contributed by atoms with van der Waals surface area (Å²) < 4.78 is 6.95. The van der Waals surface area contributed by atoms with E-state index in [0.29, 0.717) is 11.4 Å². The summed E-state index contributed by atoms with van der Waals surface area (Å²) >= 11 is 9.68. The average molecular weight is 355 g/mol. The molecule has 0 spiro atoms. The van der Waals surface area contributed by atoms with Gasteiger partial charge in [0.25, 0.3) is 0 Å². The SMILES string of the molecule is CCC(N)Cc1c(Cl)cccc1Oc1ccc(Br)cc1. The molecule has 4 heteroatoms. The van der Waals surface area contributed by atoms with Crippen LogP contribution < -0.4 is 10.5 Å². The highest BCUT2D eigenvalue weighted by atomic mass is 79.9. The van der Waals surface area contributed by atoms with Crippen molar-refractivity contribution in [1.29, 1.82) is 0 Å². The van der Waals surface area contributed by atoms with Crippen molar-refractivity contribution in [3.05, 3.63) is 57.5 Å². The van der Waals surface area contributed by atoms with Gasteiger partial charge in [-0.25, -0.2) is 0 Å². The highest BCUT2D eigenvalue weighted by Gasteiger charge is 2.12. The molecule has 0 aromatic heterocycles. The minimum Gasteiger partial charge on any atom is -0.457 e. The Morgan fingerprint density at radius 1 is 1.20 bits per heavy atom. The number of ether oxygens (including phenoxy) is 1. The minimum absolute atomic E-state index is 0.0853. The van der Waals surface area contributed by atoms with Crippen LogP contribution in [0.2, 0.25) is 5.02 Å². The number of halogens is 2. The lowest BCUT2D eigenvalue weighted by Crippen LogP contribution is -2.21. The van der Waals surface area contributed by atoms with Crippen LogP contribution in [0.15, 0.2) is 46.9 Å². The molecule has 1 atom stereocenters. The molecule has 2 rings (SSSR count). The Hall–Kier alpha value is -1.03. The Bertz CT molecular complexity index is 571. The third-order valence-electron chi connectivity index (χ3n) is 3.11. The quantitative estimate of drug-likeness (QED) is 0.803. The zero-order valence-electron chi connectivity index (χ0n) is 11.3. The topological polar surface area (TPSA) is 35.2 Å². The van der Waals surface area contributed by atoms with E-state index in [9.17, 15) is 0 Å². The number of hydrogen-bond acceptors (Lipinski definition) is 2. The van der Waals surface area contributed by atoms with Crippen LogP contribution in [-0.2, 0) is 6.42 Å². The van der Waals surface area contributed by atoms with Gasteiger partial charge in [0.05, 0.1) is 0 Å². The summed E-state index contributed by atoms with van der Waals surface area (Å²) in [6.45, 7) is 2.07. The molecule has 0 amide bonds. The number of hydrogen-bond donors (Lipinski definition) is 1. The predicted molar refractivity (Wildman–Crippen MR) is 87.6 cm³/mol.